The van der Waals surface area contributed by atoms with Gasteiger partial charge in [0.2, 0.25) is 0 Å². The van der Waals surface area contributed by atoms with Gasteiger partial charge >= 0.3 is 0 Å². The number of hydrogen-bond acceptors (Lipinski definition) is 4. The first-order valence-electron chi connectivity index (χ1n) is 9.96. The molecule has 29 heavy (non-hydrogen) atoms. The molecule has 0 aliphatic heterocycles. The summed E-state index contributed by atoms with van der Waals surface area (Å²) in [6.07, 6.45) is 8.25. The molecule has 1 saturated carbocycles. The molecule has 1 N–H and O–H groups in total. The zero-order valence-corrected chi connectivity index (χ0v) is 18.3. The van der Waals surface area contributed by atoms with Crippen molar-refractivity contribution in [1.29, 1.82) is 0 Å². The third-order valence-electron chi connectivity index (χ3n) is 5.23. The number of allylic oxidation sites excluding steroid dienone is 1. The number of carbonyl (C=O) groups is 1. The number of hydrogen-bond donors (Lipinski definition) is 1. The molecule has 0 bridgehead atoms. The summed E-state index contributed by atoms with van der Waals surface area (Å²) in [5.41, 5.74) is 3.05. The second-order valence-electron chi connectivity index (χ2n) is 7.71. The molecule has 1 aliphatic rings. The van der Waals surface area contributed by atoms with Gasteiger partial charge in [-0.05, 0) is 37.1 Å². The van der Waals surface area contributed by atoms with Crippen LogP contribution in [0.25, 0.3) is 16.8 Å². The third kappa shape index (κ3) is 4.22. The number of carbonyl (C=O) groups excluding carboxylic acids is 1. The molecule has 2 heterocycles. The lowest BCUT2D eigenvalue weighted by molar-refractivity contribution is 0.104. The summed E-state index contributed by atoms with van der Waals surface area (Å²) in [7, 11) is 3.80. The van der Waals surface area contributed by atoms with E-state index < -0.39 is 0 Å². The van der Waals surface area contributed by atoms with Crippen molar-refractivity contribution >= 4 is 33.0 Å². The number of rotatable bonds is 6. The van der Waals surface area contributed by atoms with Gasteiger partial charge in [0.05, 0.1) is 11.1 Å². The minimum atomic E-state index is -0.0540. The Labute approximate surface area is 179 Å². The summed E-state index contributed by atoms with van der Waals surface area (Å²) in [6.45, 7) is 0. The Morgan fingerprint density at radius 2 is 1.97 bits per heavy atom. The van der Waals surface area contributed by atoms with Crippen LogP contribution in [0, 0.1) is 0 Å². The van der Waals surface area contributed by atoms with E-state index in [0.717, 1.165) is 21.4 Å². The molecule has 5 nitrogen and oxygen atoms in total. The molecule has 0 saturated heterocycles. The minimum Gasteiger partial charge on any atom is -0.383 e. The van der Waals surface area contributed by atoms with Crippen LogP contribution in [0.3, 0.4) is 0 Å². The Bertz CT molecular complexity index is 1060. The van der Waals surface area contributed by atoms with E-state index in [4.69, 9.17) is 5.10 Å². The first-order chi connectivity index (χ1) is 14.0. The normalized spacial score (nSPS) is 14.7. The largest absolute Gasteiger partial charge is 0.383 e. The van der Waals surface area contributed by atoms with Crippen molar-refractivity contribution in [3.63, 3.8) is 0 Å². The van der Waals surface area contributed by atoms with Crippen LogP contribution in [0.4, 0.5) is 5.82 Å². The highest BCUT2D eigenvalue weighted by Crippen LogP contribution is 2.31. The monoisotopic (exact) mass is 452 g/mol. The predicted molar refractivity (Wildman–Crippen MR) is 121 cm³/mol. The summed E-state index contributed by atoms with van der Waals surface area (Å²) in [5, 5.41) is 8.51. The molecule has 1 fully saturated rings. The highest BCUT2D eigenvalue weighted by Gasteiger charge is 2.22. The number of nitrogens with one attached hydrogen (secondary N) is 1. The van der Waals surface area contributed by atoms with Gasteiger partial charge in [0.1, 0.15) is 11.5 Å². The Hall–Kier alpha value is -2.60. The van der Waals surface area contributed by atoms with E-state index in [0.29, 0.717) is 17.3 Å². The molecule has 150 valence electrons. The fraction of sp³-hybridized carbons (Fsp3) is 0.304. The Kier molecular flexibility index (Phi) is 5.72. The highest BCUT2D eigenvalue weighted by atomic mass is 79.9. The fourth-order valence-electron chi connectivity index (χ4n) is 3.84. The summed E-state index contributed by atoms with van der Waals surface area (Å²) in [5.74, 6) is 0.878. The summed E-state index contributed by atoms with van der Waals surface area (Å²) >= 11 is 3.53. The molecule has 0 amide bonds. The average Bonchev–Trinajstić information content (AvgIpc) is 3.34. The van der Waals surface area contributed by atoms with Crippen molar-refractivity contribution < 1.29 is 4.79 Å². The smallest absolute Gasteiger partial charge is 0.191 e. The van der Waals surface area contributed by atoms with Crippen LogP contribution in [0.15, 0.2) is 59.2 Å². The van der Waals surface area contributed by atoms with Gasteiger partial charge in [0, 0.05) is 42.4 Å². The van der Waals surface area contributed by atoms with E-state index in [9.17, 15) is 4.79 Å². The van der Waals surface area contributed by atoms with Crippen LogP contribution in [0.5, 0.6) is 0 Å². The summed E-state index contributed by atoms with van der Waals surface area (Å²) in [6, 6.07) is 14.4. The number of nitrogens with zero attached hydrogens (tertiary/aromatic N) is 3. The first-order valence-corrected chi connectivity index (χ1v) is 10.8. The van der Waals surface area contributed by atoms with Gasteiger partial charge < -0.3 is 10.2 Å². The Morgan fingerprint density at radius 3 is 2.69 bits per heavy atom. The molecule has 2 aromatic heterocycles. The van der Waals surface area contributed by atoms with Gasteiger partial charge in [0.25, 0.3) is 0 Å². The molecule has 0 spiro atoms. The number of fused-ring (bicyclic) bond motifs is 1. The van der Waals surface area contributed by atoms with E-state index in [2.05, 4.69) is 21.2 Å². The van der Waals surface area contributed by atoms with E-state index >= 15 is 0 Å². The topological polar surface area (TPSA) is 49.6 Å². The maximum absolute atomic E-state index is 13.2. The molecule has 0 atom stereocenters. The Balaban J connectivity index is 1.87. The van der Waals surface area contributed by atoms with Gasteiger partial charge in [0.15, 0.2) is 5.78 Å². The quantitative estimate of drug-likeness (QED) is 0.403. The van der Waals surface area contributed by atoms with Crippen LogP contribution < -0.4 is 5.32 Å². The van der Waals surface area contributed by atoms with E-state index in [1.165, 1.54) is 25.7 Å². The lowest BCUT2D eigenvalue weighted by Crippen LogP contribution is -2.17. The third-order valence-corrected chi connectivity index (χ3v) is 5.73. The van der Waals surface area contributed by atoms with E-state index in [1.807, 2.05) is 66.0 Å². The molecule has 0 unspecified atom stereocenters. The van der Waals surface area contributed by atoms with Crippen molar-refractivity contribution in [2.45, 2.75) is 31.7 Å². The molecule has 6 heteroatoms. The van der Waals surface area contributed by atoms with Crippen LogP contribution >= 0.6 is 15.9 Å². The minimum absolute atomic E-state index is 0.0540. The molecule has 4 rings (SSSR count). The van der Waals surface area contributed by atoms with E-state index in [1.54, 1.807) is 12.3 Å². The lowest BCUT2D eigenvalue weighted by Gasteiger charge is -2.14. The van der Waals surface area contributed by atoms with Crippen molar-refractivity contribution in [3.8, 4) is 11.3 Å². The highest BCUT2D eigenvalue weighted by molar-refractivity contribution is 9.10. The van der Waals surface area contributed by atoms with Crippen molar-refractivity contribution in [2.75, 3.05) is 19.4 Å². The molecule has 1 aromatic carbocycles. The van der Waals surface area contributed by atoms with Gasteiger partial charge in [-0.3, -0.25) is 4.79 Å². The van der Waals surface area contributed by atoms with Crippen molar-refractivity contribution in [1.82, 2.24) is 14.5 Å². The van der Waals surface area contributed by atoms with Gasteiger partial charge in [-0.2, -0.15) is 5.10 Å². The summed E-state index contributed by atoms with van der Waals surface area (Å²) < 4.78 is 2.84. The molecule has 1 aliphatic carbocycles. The van der Waals surface area contributed by atoms with Crippen LogP contribution in [-0.2, 0) is 0 Å². The molecular weight excluding hydrogens is 428 g/mol. The number of anilines is 1. The number of benzene rings is 1. The zero-order chi connectivity index (χ0) is 20.4. The number of ketones is 1. The van der Waals surface area contributed by atoms with Crippen LogP contribution in [0.1, 0.15) is 36.0 Å². The SMILES string of the molecule is CN(C)C=CC(=O)c1c(-c2cccc(Br)c2)nn2c(NC3CCCC3)cccc12. The second-order valence-corrected chi connectivity index (χ2v) is 8.63. The average molecular weight is 453 g/mol. The fourth-order valence-corrected chi connectivity index (χ4v) is 4.24. The van der Waals surface area contributed by atoms with Crippen LogP contribution in [-0.4, -0.2) is 40.4 Å². The molecular formula is C23H25BrN4O. The lowest BCUT2D eigenvalue weighted by atomic mass is 10.0. The van der Waals surface area contributed by atoms with Gasteiger partial charge in [-0.15, -0.1) is 0 Å². The molecule has 0 radical (unpaired) electrons. The van der Waals surface area contributed by atoms with Crippen LogP contribution in [0.2, 0.25) is 0 Å². The maximum atomic E-state index is 13.2. The number of pyridine rings is 1. The van der Waals surface area contributed by atoms with E-state index in [-0.39, 0.29) is 5.78 Å². The Morgan fingerprint density at radius 1 is 1.21 bits per heavy atom. The standard InChI is InChI=1S/C23H25BrN4O/c1-27(2)14-13-20(29)22-19-11-6-12-21(25-18-9-3-4-10-18)28(19)26-23(22)16-7-5-8-17(24)15-16/h5-8,11-15,18,25H,3-4,9-10H2,1-2H3. The molecule has 3 aromatic rings. The maximum Gasteiger partial charge on any atom is 0.191 e. The second kappa shape index (κ2) is 8.41. The van der Waals surface area contributed by atoms with Crippen molar-refractivity contribution in [2.24, 2.45) is 0 Å². The van der Waals surface area contributed by atoms with Gasteiger partial charge in [-0.1, -0.05) is 47.0 Å². The summed E-state index contributed by atoms with van der Waals surface area (Å²) in [4.78, 5) is 15.0. The number of halogens is 1. The first kappa shape index (κ1) is 19.7. The number of aromatic nitrogens is 2. The zero-order valence-electron chi connectivity index (χ0n) is 16.7. The van der Waals surface area contributed by atoms with Gasteiger partial charge in [-0.25, -0.2) is 4.52 Å². The predicted octanol–water partition coefficient (Wildman–Crippen LogP) is 5.38. The van der Waals surface area contributed by atoms with Crippen molar-refractivity contribution in [3.05, 3.63) is 64.8 Å².